The fourth-order valence-electron chi connectivity index (χ4n) is 3.72. The average molecular weight is 1090 g/mol. The second-order valence-corrected chi connectivity index (χ2v) is 13.5. The zero-order valence-electron chi connectivity index (χ0n) is 28.3. The second kappa shape index (κ2) is 16.3. The van der Waals surface area contributed by atoms with Crippen LogP contribution in [0.1, 0.15) is 12.8 Å². The summed E-state index contributed by atoms with van der Waals surface area (Å²) in [6, 6.07) is 0. The fraction of sp³-hybridized carbons (Fsp3) is 1.00. The van der Waals surface area contributed by atoms with E-state index in [1.54, 1.807) is 0 Å². The van der Waals surface area contributed by atoms with Crippen molar-refractivity contribution in [2.45, 2.75) is 120 Å². The Morgan fingerprint density at radius 1 is 0.262 bits per heavy atom. The van der Waals surface area contributed by atoms with E-state index in [0.29, 0.717) is 0 Å². The molecule has 0 fully saturated rings. The summed E-state index contributed by atoms with van der Waals surface area (Å²) in [6.45, 7) is -6.47. The molecule has 0 radical (unpaired) electrons. The van der Waals surface area contributed by atoms with Crippen molar-refractivity contribution in [1.82, 2.24) is 0 Å². The van der Waals surface area contributed by atoms with Crippen LogP contribution in [0.4, 0.5) is 167 Å². The van der Waals surface area contributed by atoms with Crippen LogP contribution in [0.25, 0.3) is 0 Å². The molecule has 0 unspecified atom stereocenters. The molecule has 65 heavy (non-hydrogen) atoms. The number of phosphoric ester groups is 1. The average Bonchev–Trinajstić information content (AvgIpc) is 3.05. The molecule has 0 saturated carbocycles. The summed E-state index contributed by atoms with van der Waals surface area (Å²) in [7, 11) is -7.07. The minimum Gasteiger partial charge on any atom is -0.302 e. The van der Waals surface area contributed by atoms with Crippen LogP contribution in [0.5, 0.6) is 0 Å². The largest absolute Gasteiger partial charge is 0.472 e. The molecule has 0 saturated heterocycles. The first-order chi connectivity index (χ1) is 27.4. The number of alkyl halides is 38. The van der Waals surface area contributed by atoms with Gasteiger partial charge in [0.15, 0.2) is 0 Å². The van der Waals surface area contributed by atoms with Crippen molar-refractivity contribution < 1.29 is 185 Å². The highest BCUT2D eigenvalue weighted by atomic mass is 31.2. The first-order valence-corrected chi connectivity index (χ1v) is 15.7. The van der Waals surface area contributed by atoms with Gasteiger partial charge in [-0.25, -0.2) is 4.57 Å². The molecule has 0 aliphatic rings. The minimum absolute atomic E-state index is 2.97. The molecule has 0 aromatic heterocycles. The Bertz CT molecular complexity index is 1600. The van der Waals surface area contributed by atoms with Crippen LogP contribution in [0, 0.1) is 0 Å². The van der Waals surface area contributed by atoms with Crippen molar-refractivity contribution in [2.75, 3.05) is 13.2 Å². The van der Waals surface area contributed by atoms with Gasteiger partial charge >= 0.3 is 115 Å². The van der Waals surface area contributed by atoms with E-state index in [9.17, 15) is 171 Å². The summed E-state index contributed by atoms with van der Waals surface area (Å²) in [4.78, 5) is 9.00. The Kier molecular flexibility index (Phi) is 15.6. The van der Waals surface area contributed by atoms with Gasteiger partial charge in [0, 0.05) is 12.8 Å². The normalized spacial score (nSPS) is 17.0. The molecule has 0 aromatic carbocycles. The van der Waals surface area contributed by atoms with E-state index in [0.717, 1.165) is 0 Å². The molecule has 43 heteroatoms. The van der Waals surface area contributed by atoms with Gasteiger partial charge in [-0.05, 0) is 0 Å². The van der Waals surface area contributed by atoms with Gasteiger partial charge in [0.1, 0.15) is 0 Å². The smallest absolute Gasteiger partial charge is 0.302 e. The molecule has 0 aromatic rings. The summed E-state index contributed by atoms with van der Waals surface area (Å²) in [5.74, 6) is -142. The van der Waals surface area contributed by atoms with Crippen LogP contribution in [0.2, 0.25) is 0 Å². The predicted octanol–water partition coefficient (Wildman–Crippen LogP) is 13.2. The van der Waals surface area contributed by atoms with Gasteiger partial charge in [0.25, 0.3) is 0 Å². The summed E-state index contributed by atoms with van der Waals surface area (Å²) >= 11 is 0. The molecule has 1 N–H and O–H groups in total. The standard InChI is InChI=1S/C22H9F38O4P/c23-5(24,7(27,28)9(31,32)11(35,36)13(39,40)15(43,44)17(47,48)19(51,52)21(55,56)57)1-3-63-65(61,62)64-4-2-6(25,26)8(29,30)10(33,34)12(37,38)14(41,42)16(45,46)18(49,50)20(53,54)22(58,59)60/h1-4H2,(H,61,62). The molecule has 0 heterocycles. The van der Waals surface area contributed by atoms with E-state index in [1.807, 2.05) is 0 Å². The minimum atomic E-state index is -9.42. The van der Waals surface area contributed by atoms with Crippen LogP contribution in [0.15, 0.2) is 0 Å². The van der Waals surface area contributed by atoms with E-state index < -0.39 is 141 Å². The van der Waals surface area contributed by atoms with Gasteiger partial charge in [-0.1, -0.05) is 0 Å². The van der Waals surface area contributed by atoms with Crippen LogP contribution < -0.4 is 0 Å². The monoisotopic (exact) mass is 1090 g/mol. The van der Waals surface area contributed by atoms with E-state index in [1.165, 1.54) is 0 Å². The van der Waals surface area contributed by atoms with Crippen molar-refractivity contribution in [3.8, 4) is 0 Å². The quantitative estimate of drug-likeness (QED) is 0.0867. The first kappa shape index (κ1) is 62.4. The molecule has 0 aliphatic heterocycles. The first-order valence-electron chi connectivity index (χ1n) is 14.2. The van der Waals surface area contributed by atoms with Gasteiger partial charge in [-0.15, -0.1) is 0 Å². The summed E-state index contributed by atoms with van der Waals surface area (Å²) in [6.07, 6.45) is -24.2. The lowest BCUT2D eigenvalue weighted by atomic mass is 9.87. The summed E-state index contributed by atoms with van der Waals surface area (Å²) < 4.78 is 524. The highest BCUT2D eigenvalue weighted by Gasteiger charge is 2.98. The molecular weight excluding hydrogens is 1080 g/mol. The zero-order valence-corrected chi connectivity index (χ0v) is 29.2. The lowest BCUT2D eigenvalue weighted by molar-refractivity contribution is -0.468. The fourth-order valence-corrected chi connectivity index (χ4v) is 4.44. The maximum absolute atomic E-state index is 13.9. The molecule has 0 aliphatic carbocycles. The van der Waals surface area contributed by atoms with Gasteiger partial charge in [-0.3, -0.25) is 9.05 Å². The maximum atomic E-state index is 13.9. The molecule has 4 nitrogen and oxygen atoms in total. The highest BCUT2D eigenvalue weighted by molar-refractivity contribution is 7.47. The number of hydrogen-bond acceptors (Lipinski definition) is 3. The molecule has 0 bridgehead atoms. The van der Waals surface area contributed by atoms with Crippen molar-refractivity contribution >= 4 is 7.82 Å². The SMILES string of the molecule is O=P(O)(OCCC(F)(F)C(F)(F)C(F)(F)C(F)(F)C(F)(F)C(F)(F)C(F)(F)C(F)(F)C(F)(F)F)OCCC(F)(F)C(F)(F)C(F)(F)C(F)(F)C(F)(F)C(F)(F)C(F)(F)C(F)(F)C(F)(F)F. The Morgan fingerprint density at radius 3 is 0.554 bits per heavy atom. The summed E-state index contributed by atoms with van der Waals surface area (Å²) in [5, 5.41) is 0. The van der Waals surface area contributed by atoms with Crippen molar-refractivity contribution in [1.29, 1.82) is 0 Å². The second-order valence-electron chi connectivity index (χ2n) is 12.1. The third-order valence-electron chi connectivity index (χ3n) is 7.70. The molecule has 0 atom stereocenters. The zero-order chi connectivity index (χ0) is 53.7. The number of rotatable bonds is 22. The van der Waals surface area contributed by atoms with Crippen molar-refractivity contribution in [3.05, 3.63) is 0 Å². The van der Waals surface area contributed by atoms with Gasteiger partial charge in [-0.2, -0.15) is 167 Å². The van der Waals surface area contributed by atoms with Gasteiger partial charge in [0.05, 0.1) is 13.2 Å². The number of halogens is 38. The van der Waals surface area contributed by atoms with Crippen LogP contribution in [-0.4, -0.2) is 125 Å². The van der Waals surface area contributed by atoms with E-state index in [4.69, 9.17) is 4.89 Å². The molecule has 0 rings (SSSR count). The van der Waals surface area contributed by atoms with Crippen molar-refractivity contribution in [2.24, 2.45) is 0 Å². The van der Waals surface area contributed by atoms with Gasteiger partial charge < -0.3 is 4.89 Å². The third-order valence-corrected chi connectivity index (χ3v) is 8.72. The van der Waals surface area contributed by atoms with Gasteiger partial charge in [0.2, 0.25) is 0 Å². The van der Waals surface area contributed by atoms with E-state index >= 15 is 0 Å². The van der Waals surface area contributed by atoms with Crippen LogP contribution in [0.3, 0.4) is 0 Å². The third kappa shape index (κ3) is 8.76. The Balaban J connectivity index is 6.46. The highest BCUT2D eigenvalue weighted by Crippen LogP contribution is 2.68. The van der Waals surface area contributed by atoms with E-state index in [-0.39, 0.29) is 0 Å². The Hall–Kier alpha value is -2.55. The molecule has 0 amide bonds. The van der Waals surface area contributed by atoms with E-state index in [2.05, 4.69) is 9.05 Å². The Labute approximate surface area is 327 Å². The maximum Gasteiger partial charge on any atom is 0.472 e. The number of phosphoric acid groups is 1. The Morgan fingerprint density at radius 2 is 0.400 bits per heavy atom. The van der Waals surface area contributed by atoms with Crippen molar-refractivity contribution in [3.63, 3.8) is 0 Å². The topological polar surface area (TPSA) is 55.8 Å². The van der Waals surface area contributed by atoms with Crippen LogP contribution >= 0.6 is 7.82 Å². The lowest BCUT2D eigenvalue weighted by Gasteiger charge is -2.43. The van der Waals surface area contributed by atoms with Crippen LogP contribution in [-0.2, 0) is 13.6 Å². The summed E-state index contributed by atoms with van der Waals surface area (Å²) in [5.41, 5.74) is 0. The lowest BCUT2D eigenvalue weighted by Crippen LogP contribution is -2.75. The molecule has 0 spiro atoms. The molecule has 392 valence electrons. The number of hydrogen-bond donors (Lipinski definition) is 1. The molecular formula is C22H9F38O4P. The predicted molar refractivity (Wildman–Crippen MR) is 122 cm³/mol.